The van der Waals surface area contributed by atoms with Crippen LogP contribution in [0.15, 0.2) is 24.3 Å². The van der Waals surface area contributed by atoms with E-state index in [1.54, 1.807) is 28.9 Å². The Morgan fingerprint density at radius 2 is 1.65 bits per heavy atom. The molecule has 0 aromatic heterocycles. The molecule has 0 bridgehead atoms. The van der Waals surface area contributed by atoms with Crippen molar-refractivity contribution < 1.29 is 14.7 Å². The van der Waals surface area contributed by atoms with E-state index in [4.69, 9.17) is 5.73 Å². The van der Waals surface area contributed by atoms with E-state index in [2.05, 4.69) is 0 Å². The van der Waals surface area contributed by atoms with Crippen molar-refractivity contribution in [3.8, 4) is 5.75 Å². The molecule has 1 aromatic carbocycles. The summed E-state index contributed by atoms with van der Waals surface area (Å²) in [6.45, 7) is 5.76. The number of aromatic hydroxyl groups is 1. The highest BCUT2D eigenvalue weighted by molar-refractivity contribution is 5.94. The number of piperazine rings is 1. The summed E-state index contributed by atoms with van der Waals surface area (Å²) >= 11 is 0. The van der Waals surface area contributed by atoms with Gasteiger partial charge in [0.25, 0.3) is 5.91 Å². The molecule has 6 heteroatoms. The molecule has 2 rings (SSSR count). The third kappa shape index (κ3) is 4.01. The van der Waals surface area contributed by atoms with Crippen LogP contribution in [0.3, 0.4) is 0 Å². The third-order valence-corrected chi connectivity index (χ3v) is 4.23. The average molecular weight is 319 g/mol. The number of carbonyl (C=O) groups is 2. The topological polar surface area (TPSA) is 86.9 Å². The van der Waals surface area contributed by atoms with Crippen molar-refractivity contribution in [3.63, 3.8) is 0 Å². The highest BCUT2D eigenvalue weighted by Gasteiger charge is 2.34. The van der Waals surface area contributed by atoms with Crippen LogP contribution in [-0.2, 0) is 4.79 Å². The number of hydrogen-bond acceptors (Lipinski definition) is 4. The monoisotopic (exact) mass is 319 g/mol. The molecular weight excluding hydrogens is 294 g/mol. The van der Waals surface area contributed by atoms with Gasteiger partial charge < -0.3 is 20.6 Å². The molecule has 1 aliphatic rings. The molecular formula is C17H25N3O3. The normalized spacial score (nSPS) is 17.7. The summed E-state index contributed by atoms with van der Waals surface area (Å²) in [6, 6.07) is 6.20. The molecule has 2 amide bonds. The van der Waals surface area contributed by atoms with Gasteiger partial charge in [-0.3, -0.25) is 9.59 Å². The molecule has 0 aliphatic carbocycles. The lowest BCUT2D eigenvalue weighted by molar-refractivity contribution is -0.138. The maximum atomic E-state index is 12.5. The lowest BCUT2D eigenvalue weighted by Gasteiger charge is -2.38. The Labute approximate surface area is 136 Å². The molecule has 0 saturated carbocycles. The Kier molecular flexibility index (Phi) is 5.26. The van der Waals surface area contributed by atoms with Gasteiger partial charge in [0.1, 0.15) is 5.75 Å². The Hall–Kier alpha value is -2.08. The Morgan fingerprint density at radius 1 is 1.13 bits per heavy atom. The summed E-state index contributed by atoms with van der Waals surface area (Å²) in [5.74, 6) is 0.00683. The molecule has 1 aromatic rings. The van der Waals surface area contributed by atoms with Gasteiger partial charge in [0.15, 0.2) is 0 Å². The average Bonchev–Trinajstić information content (AvgIpc) is 2.54. The fourth-order valence-corrected chi connectivity index (χ4v) is 2.89. The van der Waals surface area contributed by atoms with Gasteiger partial charge in [-0.05, 0) is 37.6 Å². The molecule has 1 saturated heterocycles. The second-order valence-corrected chi connectivity index (χ2v) is 6.30. The zero-order valence-corrected chi connectivity index (χ0v) is 13.8. The smallest absolute Gasteiger partial charge is 0.253 e. The molecule has 1 aliphatic heterocycles. The maximum absolute atomic E-state index is 12.5. The quantitative estimate of drug-likeness (QED) is 0.873. The van der Waals surface area contributed by atoms with Gasteiger partial charge in [-0.25, -0.2) is 0 Å². The predicted octanol–water partition coefficient (Wildman–Crippen LogP) is 1.19. The zero-order chi connectivity index (χ0) is 17.0. The Bertz CT molecular complexity index is 561. The summed E-state index contributed by atoms with van der Waals surface area (Å²) < 4.78 is 0. The minimum Gasteiger partial charge on any atom is -0.508 e. The van der Waals surface area contributed by atoms with E-state index in [1.165, 1.54) is 12.1 Å². The number of hydrogen-bond donors (Lipinski definition) is 2. The van der Waals surface area contributed by atoms with Gasteiger partial charge in [0.05, 0.1) is 5.54 Å². The number of amides is 2. The van der Waals surface area contributed by atoms with E-state index in [9.17, 15) is 14.7 Å². The Morgan fingerprint density at radius 3 is 2.17 bits per heavy atom. The van der Waals surface area contributed by atoms with E-state index in [1.807, 2.05) is 6.92 Å². The number of benzene rings is 1. The predicted molar refractivity (Wildman–Crippen MR) is 88.1 cm³/mol. The van der Waals surface area contributed by atoms with Crippen molar-refractivity contribution in [2.24, 2.45) is 5.73 Å². The molecule has 126 valence electrons. The number of rotatable bonds is 4. The second-order valence-electron chi connectivity index (χ2n) is 6.30. The van der Waals surface area contributed by atoms with Crippen molar-refractivity contribution in [3.05, 3.63) is 29.8 Å². The first-order valence-electron chi connectivity index (χ1n) is 8.01. The lowest BCUT2D eigenvalue weighted by Crippen LogP contribution is -2.58. The molecule has 6 nitrogen and oxygen atoms in total. The van der Waals surface area contributed by atoms with Gasteiger partial charge >= 0.3 is 0 Å². The van der Waals surface area contributed by atoms with Crippen molar-refractivity contribution in [2.75, 3.05) is 26.2 Å². The van der Waals surface area contributed by atoms with Crippen LogP contribution in [0, 0.1) is 0 Å². The van der Waals surface area contributed by atoms with Gasteiger partial charge in [0, 0.05) is 31.7 Å². The second kappa shape index (κ2) is 7.00. The summed E-state index contributed by atoms with van der Waals surface area (Å²) in [5, 5.41) is 9.28. The van der Waals surface area contributed by atoms with Crippen LogP contribution in [0.4, 0.5) is 0 Å². The molecule has 0 spiro atoms. The van der Waals surface area contributed by atoms with E-state index in [0.717, 1.165) is 6.42 Å². The van der Waals surface area contributed by atoms with E-state index >= 15 is 0 Å². The molecule has 3 N–H and O–H groups in total. The summed E-state index contributed by atoms with van der Waals surface area (Å²) in [5.41, 5.74) is 5.81. The first-order chi connectivity index (χ1) is 10.8. The molecule has 1 heterocycles. The van der Waals surface area contributed by atoms with Crippen molar-refractivity contribution >= 4 is 11.8 Å². The van der Waals surface area contributed by atoms with Crippen LogP contribution in [0.1, 0.15) is 37.0 Å². The lowest BCUT2D eigenvalue weighted by atomic mass is 9.95. The van der Waals surface area contributed by atoms with Gasteiger partial charge in [0.2, 0.25) is 5.91 Å². The fourth-order valence-electron chi connectivity index (χ4n) is 2.89. The van der Waals surface area contributed by atoms with Crippen molar-refractivity contribution in [1.82, 2.24) is 9.80 Å². The van der Waals surface area contributed by atoms with Crippen LogP contribution >= 0.6 is 0 Å². The molecule has 23 heavy (non-hydrogen) atoms. The maximum Gasteiger partial charge on any atom is 0.253 e. The third-order valence-electron chi connectivity index (χ3n) is 4.23. The standard InChI is InChI=1S/C17H25N3O3/c1-3-8-17(2,18)16(23)20-11-9-19(10-12-20)15(22)13-4-6-14(21)7-5-13/h4-7,21H,3,8-12,18H2,1-2H3. The van der Waals surface area contributed by atoms with Crippen molar-refractivity contribution in [2.45, 2.75) is 32.2 Å². The van der Waals surface area contributed by atoms with E-state index in [-0.39, 0.29) is 17.6 Å². The summed E-state index contributed by atoms with van der Waals surface area (Å²) in [4.78, 5) is 28.3. The van der Waals surface area contributed by atoms with Gasteiger partial charge in [-0.15, -0.1) is 0 Å². The molecule has 1 unspecified atom stereocenters. The van der Waals surface area contributed by atoms with E-state index < -0.39 is 5.54 Å². The van der Waals surface area contributed by atoms with E-state index in [0.29, 0.717) is 38.2 Å². The van der Waals surface area contributed by atoms with Crippen molar-refractivity contribution in [1.29, 1.82) is 0 Å². The number of nitrogens with two attached hydrogens (primary N) is 1. The van der Waals surface area contributed by atoms with Crippen LogP contribution in [-0.4, -0.2) is 58.4 Å². The molecule has 0 radical (unpaired) electrons. The van der Waals surface area contributed by atoms with Crippen LogP contribution in [0.25, 0.3) is 0 Å². The number of nitrogens with zero attached hydrogens (tertiary/aromatic N) is 2. The first-order valence-corrected chi connectivity index (χ1v) is 8.01. The SMILES string of the molecule is CCCC(C)(N)C(=O)N1CCN(C(=O)c2ccc(O)cc2)CC1. The number of carbonyl (C=O) groups excluding carboxylic acids is 2. The zero-order valence-electron chi connectivity index (χ0n) is 13.8. The minimum atomic E-state index is -0.835. The largest absolute Gasteiger partial charge is 0.508 e. The van der Waals surface area contributed by atoms with Crippen LogP contribution < -0.4 is 5.73 Å². The minimum absolute atomic E-state index is 0.0453. The summed E-state index contributed by atoms with van der Waals surface area (Å²) in [6.07, 6.45) is 1.51. The van der Waals surface area contributed by atoms with Crippen LogP contribution in [0.2, 0.25) is 0 Å². The Balaban J connectivity index is 1.94. The number of phenolic OH excluding ortho intramolecular Hbond substituents is 1. The van der Waals surface area contributed by atoms with Gasteiger partial charge in [-0.1, -0.05) is 13.3 Å². The van der Waals surface area contributed by atoms with Crippen LogP contribution in [0.5, 0.6) is 5.75 Å². The highest BCUT2D eigenvalue weighted by atomic mass is 16.3. The van der Waals surface area contributed by atoms with Gasteiger partial charge in [-0.2, -0.15) is 0 Å². The molecule has 1 fully saturated rings. The fraction of sp³-hybridized carbons (Fsp3) is 0.529. The molecule has 1 atom stereocenters. The summed E-state index contributed by atoms with van der Waals surface area (Å²) in [7, 11) is 0. The first kappa shape index (κ1) is 17.3. The number of phenols is 1. The highest BCUT2D eigenvalue weighted by Crippen LogP contribution is 2.17.